The van der Waals surface area contributed by atoms with E-state index < -0.39 is 0 Å². The average molecular weight is 392 g/mol. The standard InChI is InChI=1S/C17H15ClFN5OS/c18-13-6-4-12(5-7-13)8-9-20-16(25)11-26-17-21-22-23-24(17)15-3-1-2-14(19)10-15/h1-7,10H,8-9,11H2,(H,20,25). The predicted octanol–water partition coefficient (Wildman–Crippen LogP) is 2.91. The first kappa shape index (κ1) is 18.3. The van der Waals surface area contributed by atoms with Crippen molar-refractivity contribution in [1.29, 1.82) is 0 Å². The van der Waals surface area contributed by atoms with Crippen LogP contribution in [0.25, 0.3) is 5.69 Å². The maximum atomic E-state index is 13.3. The van der Waals surface area contributed by atoms with Crippen LogP contribution in [0, 0.1) is 5.82 Å². The van der Waals surface area contributed by atoms with Crippen molar-refractivity contribution >= 4 is 29.3 Å². The molecule has 134 valence electrons. The third-order valence-electron chi connectivity index (χ3n) is 3.48. The number of carbonyl (C=O) groups is 1. The van der Waals surface area contributed by atoms with Crippen LogP contribution in [0.15, 0.2) is 53.7 Å². The zero-order valence-electron chi connectivity index (χ0n) is 13.6. The number of tetrazole rings is 1. The van der Waals surface area contributed by atoms with Crippen LogP contribution in [0.3, 0.4) is 0 Å². The Morgan fingerprint density at radius 2 is 2.04 bits per heavy atom. The molecule has 9 heteroatoms. The summed E-state index contributed by atoms with van der Waals surface area (Å²) >= 11 is 7.03. The lowest BCUT2D eigenvalue weighted by atomic mass is 10.1. The summed E-state index contributed by atoms with van der Waals surface area (Å²) in [6.45, 7) is 0.524. The lowest BCUT2D eigenvalue weighted by Crippen LogP contribution is -2.27. The van der Waals surface area contributed by atoms with Crippen LogP contribution in [0.4, 0.5) is 4.39 Å². The van der Waals surface area contributed by atoms with E-state index in [0.717, 1.165) is 5.56 Å². The van der Waals surface area contributed by atoms with Gasteiger partial charge in [-0.3, -0.25) is 4.79 Å². The summed E-state index contributed by atoms with van der Waals surface area (Å²) in [5.74, 6) is -0.345. The molecule has 0 unspecified atom stereocenters. The van der Waals surface area contributed by atoms with Gasteiger partial charge in [0.1, 0.15) is 5.82 Å². The van der Waals surface area contributed by atoms with Gasteiger partial charge in [0.2, 0.25) is 11.1 Å². The second-order valence-electron chi connectivity index (χ2n) is 5.37. The van der Waals surface area contributed by atoms with E-state index in [1.807, 2.05) is 24.3 Å². The number of carbonyl (C=O) groups excluding carboxylic acids is 1. The molecule has 0 spiro atoms. The van der Waals surface area contributed by atoms with Crippen molar-refractivity contribution in [2.45, 2.75) is 11.6 Å². The van der Waals surface area contributed by atoms with Gasteiger partial charge in [0.15, 0.2) is 0 Å². The number of nitrogens with zero attached hydrogens (tertiary/aromatic N) is 4. The molecule has 1 amide bonds. The highest BCUT2D eigenvalue weighted by Crippen LogP contribution is 2.18. The minimum Gasteiger partial charge on any atom is -0.355 e. The molecule has 0 atom stereocenters. The second kappa shape index (κ2) is 8.77. The molecule has 2 aromatic carbocycles. The van der Waals surface area contributed by atoms with Crippen LogP contribution < -0.4 is 5.32 Å². The minimum atomic E-state index is -0.381. The van der Waals surface area contributed by atoms with E-state index in [4.69, 9.17) is 11.6 Å². The van der Waals surface area contributed by atoms with Crippen LogP contribution in [-0.2, 0) is 11.2 Å². The highest BCUT2D eigenvalue weighted by molar-refractivity contribution is 7.99. The fourth-order valence-corrected chi connectivity index (χ4v) is 3.06. The molecule has 0 radical (unpaired) electrons. The lowest BCUT2D eigenvalue weighted by Gasteiger charge is -2.06. The Morgan fingerprint density at radius 1 is 1.23 bits per heavy atom. The van der Waals surface area contributed by atoms with Crippen LogP contribution >= 0.6 is 23.4 Å². The molecule has 1 heterocycles. The number of rotatable bonds is 7. The van der Waals surface area contributed by atoms with Gasteiger partial charge in [-0.05, 0) is 52.7 Å². The van der Waals surface area contributed by atoms with Crippen molar-refractivity contribution in [3.8, 4) is 5.69 Å². The van der Waals surface area contributed by atoms with E-state index in [-0.39, 0.29) is 17.5 Å². The second-order valence-corrected chi connectivity index (χ2v) is 6.75. The molecule has 26 heavy (non-hydrogen) atoms. The average Bonchev–Trinajstić information content (AvgIpc) is 3.10. The van der Waals surface area contributed by atoms with Crippen molar-refractivity contribution in [2.75, 3.05) is 12.3 Å². The largest absolute Gasteiger partial charge is 0.355 e. The molecule has 1 aromatic heterocycles. The normalized spacial score (nSPS) is 10.7. The number of nitrogens with one attached hydrogen (secondary N) is 1. The van der Waals surface area contributed by atoms with Gasteiger partial charge in [-0.25, -0.2) is 4.39 Å². The zero-order chi connectivity index (χ0) is 18.4. The summed E-state index contributed by atoms with van der Waals surface area (Å²) < 4.78 is 14.7. The van der Waals surface area contributed by atoms with E-state index in [2.05, 4.69) is 20.8 Å². The summed E-state index contributed by atoms with van der Waals surface area (Å²) in [7, 11) is 0. The molecule has 3 aromatic rings. The van der Waals surface area contributed by atoms with Gasteiger partial charge in [0.25, 0.3) is 0 Å². The van der Waals surface area contributed by atoms with Gasteiger partial charge in [-0.2, -0.15) is 4.68 Å². The Balaban J connectivity index is 1.49. The van der Waals surface area contributed by atoms with E-state index in [1.54, 1.807) is 12.1 Å². The molecular weight excluding hydrogens is 377 g/mol. The number of hydrogen-bond donors (Lipinski definition) is 1. The molecule has 0 aliphatic carbocycles. The van der Waals surface area contributed by atoms with E-state index >= 15 is 0 Å². The van der Waals surface area contributed by atoms with E-state index in [9.17, 15) is 9.18 Å². The Kier molecular flexibility index (Phi) is 6.19. The number of amides is 1. The zero-order valence-corrected chi connectivity index (χ0v) is 15.2. The molecule has 6 nitrogen and oxygen atoms in total. The first-order valence-electron chi connectivity index (χ1n) is 7.80. The topological polar surface area (TPSA) is 72.7 Å². The Labute approximate surface area is 158 Å². The lowest BCUT2D eigenvalue weighted by molar-refractivity contribution is -0.118. The van der Waals surface area contributed by atoms with Crippen LogP contribution in [-0.4, -0.2) is 38.4 Å². The number of benzene rings is 2. The summed E-state index contributed by atoms with van der Waals surface area (Å²) in [4.78, 5) is 12.0. The van der Waals surface area contributed by atoms with Gasteiger partial charge >= 0.3 is 0 Å². The Bertz CT molecular complexity index is 887. The fraction of sp³-hybridized carbons (Fsp3) is 0.176. The van der Waals surface area contributed by atoms with Gasteiger partial charge in [-0.15, -0.1) is 5.10 Å². The smallest absolute Gasteiger partial charge is 0.230 e. The SMILES string of the molecule is O=C(CSc1nnnn1-c1cccc(F)c1)NCCc1ccc(Cl)cc1. The molecule has 1 N–H and O–H groups in total. The van der Waals surface area contributed by atoms with Crippen molar-refractivity contribution in [3.63, 3.8) is 0 Å². The van der Waals surface area contributed by atoms with Crippen molar-refractivity contribution in [2.24, 2.45) is 0 Å². The maximum absolute atomic E-state index is 13.3. The predicted molar refractivity (Wildman–Crippen MR) is 98.0 cm³/mol. The molecule has 3 rings (SSSR count). The molecular formula is C17H15ClFN5OS. The van der Waals surface area contributed by atoms with E-state index in [0.29, 0.717) is 28.8 Å². The monoisotopic (exact) mass is 391 g/mol. The molecule has 0 bridgehead atoms. The van der Waals surface area contributed by atoms with Gasteiger partial charge in [0.05, 0.1) is 11.4 Å². The number of thioether (sulfide) groups is 1. The van der Waals surface area contributed by atoms with Crippen molar-refractivity contribution < 1.29 is 9.18 Å². The summed E-state index contributed by atoms with van der Waals surface area (Å²) in [6.07, 6.45) is 0.717. The molecule has 0 saturated carbocycles. The Morgan fingerprint density at radius 3 is 2.81 bits per heavy atom. The maximum Gasteiger partial charge on any atom is 0.230 e. The summed E-state index contributed by atoms with van der Waals surface area (Å²) in [6, 6.07) is 13.4. The first-order valence-corrected chi connectivity index (χ1v) is 9.16. The van der Waals surface area contributed by atoms with Gasteiger partial charge in [0, 0.05) is 11.6 Å². The van der Waals surface area contributed by atoms with Crippen LogP contribution in [0.2, 0.25) is 5.02 Å². The molecule has 0 saturated heterocycles. The van der Waals surface area contributed by atoms with Crippen molar-refractivity contribution in [1.82, 2.24) is 25.5 Å². The Hall–Kier alpha value is -2.45. The highest BCUT2D eigenvalue weighted by atomic mass is 35.5. The van der Waals surface area contributed by atoms with Crippen LogP contribution in [0.5, 0.6) is 0 Å². The third kappa shape index (κ3) is 5.03. The quantitative estimate of drug-likeness (QED) is 0.627. The highest BCUT2D eigenvalue weighted by Gasteiger charge is 2.12. The first-order chi connectivity index (χ1) is 12.6. The molecule has 0 aliphatic heterocycles. The van der Waals surface area contributed by atoms with Gasteiger partial charge in [-0.1, -0.05) is 41.6 Å². The number of hydrogen-bond acceptors (Lipinski definition) is 5. The molecule has 0 fully saturated rings. The van der Waals surface area contributed by atoms with Crippen LogP contribution in [0.1, 0.15) is 5.56 Å². The fourth-order valence-electron chi connectivity index (χ4n) is 2.22. The summed E-state index contributed by atoms with van der Waals surface area (Å²) in [5.41, 5.74) is 1.60. The summed E-state index contributed by atoms with van der Waals surface area (Å²) in [5, 5.41) is 15.3. The minimum absolute atomic E-state index is 0.127. The third-order valence-corrected chi connectivity index (χ3v) is 4.65. The number of halogens is 2. The molecule has 0 aliphatic rings. The van der Waals surface area contributed by atoms with Crippen molar-refractivity contribution in [3.05, 3.63) is 64.9 Å². The number of aromatic nitrogens is 4. The van der Waals surface area contributed by atoms with E-state index in [1.165, 1.54) is 28.6 Å². The van der Waals surface area contributed by atoms with Gasteiger partial charge < -0.3 is 5.32 Å².